The zero-order valence-electron chi connectivity index (χ0n) is 13.9. The first-order valence-electron chi connectivity index (χ1n) is 8.72. The summed E-state index contributed by atoms with van der Waals surface area (Å²) in [6.07, 6.45) is 5.32. The number of rotatable bonds is 3. The van der Waals surface area contributed by atoms with E-state index < -0.39 is 0 Å². The molecular formula is C18H21N5O. The summed E-state index contributed by atoms with van der Waals surface area (Å²) in [5.41, 5.74) is 0.728. The number of aromatic nitrogens is 5. The van der Waals surface area contributed by atoms with Gasteiger partial charge in [-0.1, -0.05) is 31.5 Å². The molecule has 1 aliphatic heterocycles. The third kappa shape index (κ3) is 2.42. The smallest absolute Gasteiger partial charge is 0.274 e. The van der Waals surface area contributed by atoms with Crippen LogP contribution in [0.2, 0.25) is 0 Å². The van der Waals surface area contributed by atoms with Gasteiger partial charge in [-0.25, -0.2) is 4.68 Å². The Hall–Kier alpha value is -2.50. The van der Waals surface area contributed by atoms with Crippen LogP contribution in [0.1, 0.15) is 38.4 Å². The van der Waals surface area contributed by atoms with Crippen LogP contribution in [0.25, 0.3) is 22.3 Å². The van der Waals surface area contributed by atoms with Crippen LogP contribution >= 0.6 is 0 Å². The summed E-state index contributed by atoms with van der Waals surface area (Å²) in [6, 6.07) is 7.66. The van der Waals surface area contributed by atoms with Crippen molar-refractivity contribution in [1.29, 1.82) is 0 Å². The maximum absolute atomic E-state index is 12.6. The molecule has 2 aromatic heterocycles. The Labute approximate surface area is 140 Å². The van der Waals surface area contributed by atoms with E-state index >= 15 is 0 Å². The van der Waals surface area contributed by atoms with Crippen LogP contribution in [0.5, 0.6) is 0 Å². The van der Waals surface area contributed by atoms with E-state index in [1.54, 1.807) is 4.68 Å². The van der Waals surface area contributed by atoms with Crippen LogP contribution in [0.3, 0.4) is 0 Å². The summed E-state index contributed by atoms with van der Waals surface area (Å²) >= 11 is 0. The molecule has 6 nitrogen and oxygen atoms in total. The summed E-state index contributed by atoms with van der Waals surface area (Å²) < 4.78 is 3.75. The van der Waals surface area contributed by atoms with Gasteiger partial charge >= 0.3 is 0 Å². The molecule has 3 aromatic rings. The van der Waals surface area contributed by atoms with Gasteiger partial charge in [-0.15, -0.1) is 10.2 Å². The first kappa shape index (κ1) is 15.1. The predicted molar refractivity (Wildman–Crippen MR) is 92.9 cm³/mol. The van der Waals surface area contributed by atoms with Gasteiger partial charge in [0.1, 0.15) is 11.5 Å². The van der Waals surface area contributed by atoms with Crippen molar-refractivity contribution < 1.29 is 0 Å². The number of aryl methyl sites for hydroxylation is 2. The van der Waals surface area contributed by atoms with Crippen LogP contribution < -0.4 is 5.56 Å². The van der Waals surface area contributed by atoms with E-state index in [1.807, 2.05) is 31.2 Å². The Morgan fingerprint density at radius 3 is 2.75 bits per heavy atom. The molecule has 0 N–H and O–H groups in total. The second kappa shape index (κ2) is 6.19. The molecule has 24 heavy (non-hydrogen) atoms. The third-order valence-corrected chi connectivity index (χ3v) is 4.62. The minimum absolute atomic E-state index is 0.0354. The van der Waals surface area contributed by atoms with E-state index in [2.05, 4.69) is 19.9 Å². The van der Waals surface area contributed by atoms with Crippen molar-refractivity contribution in [2.75, 3.05) is 0 Å². The lowest BCUT2D eigenvalue weighted by Crippen LogP contribution is -2.24. The van der Waals surface area contributed by atoms with Crippen LogP contribution in [-0.4, -0.2) is 24.5 Å². The molecule has 0 spiro atoms. The number of benzene rings is 1. The van der Waals surface area contributed by atoms with Gasteiger partial charge in [0.25, 0.3) is 5.56 Å². The predicted octanol–water partition coefficient (Wildman–Crippen LogP) is 2.79. The molecule has 124 valence electrons. The number of fused-ring (bicyclic) bond motifs is 2. The lowest BCUT2D eigenvalue weighted by atomic mass is 10.1. The molecule has 6 heteroatoms. The van der Waals surface area contributed by atoms with E-state index in [0.29, 0.717) is 11.9 Å². The SMILES string of the molecule is CCCn1nc(-c2nnc3n2CCCCC3)c2ccccc2c1=O. The Morgan fingerprint density at radius 2 is 1.92 bits per heavy atom. The van der Waals surface area contributed by atoms with Crippen molar-refractivity contribution in [1.82, 2.24) is 24.5 Å². The number of hydrogen-bond acceptors (Lipinski definition) is 4. The normalized spacial score (nSPS) is 14.5. The topological polar surface area (TPSA) is 65.6 Å². The first-order valence-corrected chi connectivity index (χ1v) is 8.72. The fraction of sp³-hybridized carbons (Fsp3) is 0.444. The standard InChI is InChI=1S/C18H21N5O/c1-2-11-23-18(24)14-9-6-5-8-13(14)16(21-23)17-20-19-15-10-4-3-7-12-22(15)17/h5-6,8-9H,2-4,7,10-12H2,1H3. The van der Waals surface area contributed by atoms with Crippen LogP contribution in [0, 0.1) is 0 Å². The summed E-state index contributed by atoms with van der Waals surface area (Å²) in [5.74, 6) is 1.81. The van der Waals surface area contributed by atoms with E-state index in [0.717, 1.165) is 55.0 Å². The molecule has 0 fully saturated rings. The molecule has 0 amide bonds. The molecule has 0 bridgehead atoms. The highest BCUT2D eigenvalue weighted by molar-refractivity contribution is 5.92. The summed E-state index contributed by atoms with van der Waals surface area (Å²) in [5, 5.41) is 15.0. The monoisotopic (exact) mass is 323 g/mol. The highest BCUT2D eigenvalue weighted by atomic mass is 16.1. The maximum atomic E-state index is 12.6. The van der Waals surface area contributed by atoms with Crippen molar-refractivity contribution in [2.45, 2.75) is 52.1 Å². The van der Waals surface area contributed by atoms with Gasteiger partial charge < -0.3 is 4.57 Å². The molecule has 1 aromatic carbocycles. The molecule has 4 rings (SSSR count). The molecule has 0 radical (unpaired) electrons. The van der Waals surface area contributed by atoms with Gasteiger partial charge in [-0.2, -0.15) is 5.10 Å². The van der Waals surface area contributed by atoms with Crippen LogP contribution in [-0.2, 0) is 19.5 Å². The van der Waals surface area contributed by atoms with Crippen LogP contribution in [0.15, 0.2) is 29.1 Å². The van der Waals surface area contributed by atoms with Crippen LogP contribution in [0.4, 0.5) is 0 Å². The van der Waals surface area contributed by atoms with E-state index in [4.69, 9.17) is 0 Å². The molecule has 0 saturated carbocycles. The molecule has 0 atom stereocenters. The molecule has 1 aliphatic rings. The molecule has 0 unspecified atom stereocenters. The fourth-order valence-corrected chi connectivity index (χ4v) is 3.42. The van der Waals surface area contributed by atoms with Crippen molar-refractivity contribution in [3.63, 3.8) is 0 Å². The second-order valence-corrected chi connectivity index (χ2v) is 6.32. The van der Waals surface area contributed by atoms with E-state index in [9.17, 15) is 4.79 Å². The van der Waals surface area contributed by atoms with Crippen molar-refractivity contribution in [3.8, 4) is 11.5 Å². The maximum Gasteiger partial charge on any atom is 0.274 e. The molecular weight excluding hydrogens is 302 g/mol. The zero-order chi connectivity index (χ0) is 16.5. The number of nitrogens with zero attached hydrogens (tertiary/aromatic N) is 5. The highest BCUT2D eigenvalue weighted by Gasteiger charge is 2.20. The Kier molecular flexibility index (Phi) is 3.88. The van der Waals surface area contributed by atoms with Gasteiger partial charge in [0.05, 0.1) is 5.39 Å². The number of hydrogen-bond donors (Lipinski definition) is 0. The first-order chi connectivity index (χ1) is 11.8. The zero-order valence-corrected chi connectivity index (χ0v) is 13.9. The fourth-order valence-electron chi connectivity index (χ4n) is 3.42. The van der Waals surface area contributed by atoms with Gasteiger partial charge in [0.2, 0.25) is 0 Å². The second-order valence-electron chi connectivity index (χ2n) is 6.32. The summed E-state index contributed by atoms with van der Waals surface area (Å²) in [4.78, 5) is 12.6. The van der Waals surface area contributed by atoms with Gasteiger partial charge in [0, 0.05) is 24.9 Å². The van der Waals surface area contributed by atoms with E-state index in [-0.39, 0.29) is 5.56 Å². The average molecular weight is 323 g/mol. The van der Waals surface area contributed by atoms with Crippen molar-refractivity contribution in [2.24, 2.45) is 0 Å². The molecule has 0 aliphatic carbocycles. The molecule has 3 heterocycles. The van der Waals surface area contributed by atoms with E-state index in [1.165, 1.54) is 6.42 Å². The van der Waals surface area contributed by atoms with Gasteiger partial charge in [0.15, 0.2) is 5.82 Å². The average Bonchev–Trinajstić information content (AvgIpc) is 2.85. The third-order valence-electron chi connectivity index (χ3n) is 4.62. The van der Waals surface area contributed by atoms with Crippen molar-refractivity contribution in [3.05, 3.63) is 40.4 Å². The largest absolute Gasteiger partial charge is 0.310 e. The highest BCUT2D eigenvalue weighted by Crippen LogP contribution is 2.26. The Balaban J connectivity index is 1.98. The Bertz CT molecular complexity index is 940. The van der Waals surface area contributed by atoms with Crippen molar-refractivity contribution >= 4 is 10.8 Å². The lowest BCUT2D eigenvalue weighted by Gasteiger charge is -2.11. The summed E-state index contributed by atoms with van der Waals surface area (Å²) in [7, 11) is 0. The lowest BCUT2D eigenvalue weighted by molar-refractivity contribution is 0.572. The minimum Gasteiger partial charge on any atom is -0.310 e. The Morgan fingerprint density at radius 1 is 1.08 bits per heavy atom. The van der Waals surface area contributed by atoms with Gasteiger partial charge in [-0.3, -0.25) is 4.79 Å². The summed E-state index contributed by atoms with van der Waals surface area (Å²) in [6.45, 7) is 3.57. The quantitative estimate of drug-likeness (QED) is 0.743. The minimum atomic E-state index is -0.0354. The molecule has 0 saturated heterocycles. The van der Waals surface area contributed by atoms with Gasteiger partial charge in [-0.05, 0) is 25.3 Å².